The maximum absolute atomic E-state index is 12.5. The van der Waals surface area contributed by atoms with Crippen molar-refractivity contribution in [1.82, 2.24) is 15.3 Å². The molecule has 0 radical (unpaired) electrons. The zero-order chi connectivity index (χ0) is 19.5. The lowest BCUT2D eigenvalue weighted by Gasteiger charge is -2.35. The first kappa shape index (κ1) is 18.7. The Labute approximate surface area is 167 Å². The largest absolute Gasteiger partial charge is 0.481 e. The Bertz CT molecular complexity index is 845. The van der Waals surface area contributed by atoms with E-state index in [9.17, 15) is 9.59 Å². The number of carbonyl (C=O) groups excluding carboxylic acids is 1. The van der Waals surface area contributed by atoms with Gasteiger partial charge in [-0.1, -0.05) is 11.3 Å². The molecule has 1 saturated heterocycles. The van der Waals surface area contributed by atoms with Crippen LogP contribution in [0.25, 0.3) is 0 Å². The van der Waals surface area contributed by atoms with E-state index in [0.717, 1.165) is 49.8 Å². The molecule has 9 heteroatoms. The number of hydrogen-bond donors (Lipinski definition) is 2. The molecule has 8 nitrogen and oxygen atoms in total. The summed E-state index contributed by atoms with van der Waals surface area (Å²) in [5.41, 5.74) is 2.05. The minimum absolute atomic E-state index is 0.0763. The van der Waals surface area contributed by atoms with Gasteiger partial charge in [0.05, 0.1) is 12.1 Å². The van der Waals surface area contributed by atoms with Gasteiger partial charge in [0.1, 0.15) is 4.88 Å². The molecule has 1 saturated carbocycles. The first-order chi connectivity index (χ1) is 13.6. The van der Waals surface area contributed by atoms with Crippen LogP contribution in [-0.2, 0) is 4.79 Å². The normalized spacial score (nSPS) is 16.9. The van der Waals surface area contributed by atoms with Crippen molar-refractivity contribution in [3.63, 3.8) is 0 Å². The lowest BCUT2D eigenvalue weighted by molar-refractivity contribution is -0.136. The number of nitrogens with zero attached hydrogens (tertiary/aromatic N) is 4. The zero-order valence-corrected chi connectivity index (χ0v) is 16.3. The summed E-state index contributed by atoms with van der Waals surface area (Å²) in [5, 5.41) is 12.4. The molecule has 0 aromatic carbocycles. The van der Waals surface area contributed by atoms with Crippen LogP contribution in [0.5, 0.6) is 0 Å². The van der Waals surface area contributed by atoms with Gasteiger partial charge in [0.2, 0.25) is 0 Å². The molecule has 2 aliphatic rings. The average Bonchev–Trinajstić information content (AvgIpc) is 3.46. The number of hydrogen-bond acceptors (Lipinski definition) is 7. The van der Waals surface area contributed by atoms with Gasteiger partial charge in [-0.05, 0) is 25.0 Å². The number of piperazine rings is 1. The van der Waals surface area contributed by atoms with Gasteiger partial charge >= 0.3 is 5.97 Å². The van der Waals surface area contributed by atoms with Crippen molar-refractivity contribution < 1.29 is 14.7 Å². The van der Waals surface area contributed by atoms with Crippen LogP contribution in [0.2, 0.25) is 0 Å². The lowest BCUT2D eigenvalue weighted by Crippen LogP contribution is -2.46. The van der Waals surface area contributed by atoms with Crippen molar-refractivity contribution in [1.29, 1.82) is 0 Å². The highest BCUT2D eigenvalue weighted by Crippen LogP contribution is 2.44. The number of carbonyl (C=O) groups is 2. The van der Waals surface area contributed by atoms with Crippen LogP contribution < -0.4 is 15.1 Å². The second-order valence-corrected chi connectivity index (χ2v) is 8.04. The average molecular weight is 401 g/mol. The number of thiazole rings is 1. The van der Waals surface area contributed by atoms with Crippen LogP contribution in [0.1, 0.15) is 40.5 Å². The Kier molecular flexibility index (Phi) is 5.43. The van der Waals surface area contributed by atoms with Crippen LogP contribution in [0.15, 0.2) is 24.5 Å². The van der Waals surface area contributed by atoms with Crippen molar-refractivity contribution in [3.8, 4) is 0 Å². The number of nitrogens with one attached hydrogen (secondary N) is 1. The number of aromatic nitrogens is 2. The highest BCUT2D eigenvalue weighted by molar-refractivity contribution is 7.17. The maximum Gasteiger partial charge on any atom is 0.305 e. The van der Waals surface area contributed by atoms with E-state index in [1.165, 1.54) is 17.0 Å². The van der Waals surface area contributed by atoms with Crippen LogP contribution in [0, 0.1) is 0 Å². The van der Waals surface area contributed by atoms with E-state index in [1.807, 2.05) is 12.1 Å². The first-order valence-corrected chi connectivity index (χ1v) is 10.3. The van der Waals surface area contributed by atoms with Crippen molar-refractivity contribution in [2.24, 2.45) is 0 Å². The van der Waals surface area contributed by atoms with E-state index >= 15 is 0 Å². The van der Waals surface area contributed by atoms with Crippen molar-refractivity contribution in [2.45, 2.75) is 25.2 Å². The Balaban J connectivity index is 1.42. The molecule has 1 aliphatic carbocycles. The molecule has 0 atom stereocenters. The summed E-state index contributed by atoms with van der Waals surface area (Å²) < 4.78 is 0. The third-order valence-corrected chi connectivity index (χ3v) is 6.15. The van der Waals surface area contributed by atoms with Crippen molar-refractivity contribution in [3.05, 3.63) is 35.1 Å². The summed E-state index contributed by atoms with van der Waals surface area (Å²) in [7, 11) is 0. The molecule has 2 aromatic heterocycles. The van der Waals surface area contributed by atoms with E-state index in [4.69, 9.17) is 10.1 Å². The van der Waals surface area contributed by atoms with Gasteiger partial charge in [-0.25, -0.2) is 4.98 Å². The summed E-state index contributed by atoms with van der Waals surface area (Å²) in [6.07, 6.45) is 5.66. The van der Waals surface area contributed by atoms with Gasteiger partial charge in [0.15, 0.2) is 5.13 Å². The van der Waals surface area contributed by atoms with E-state index in [1.54, 1.807) is 12.4 Å². The van der Waals surface area contributed by atoms with Gasteiger partial charge in [-0.2, -0.15) is 0 Å². The van der Waals surface area contributed by atoms with Crippen LogP contribution in [0.3, 0.4) is 0 Å². The Morgan fingerprint density at radius 1 is 1.14 bits per heavy atom. The van der Waals surface area contributed by atoms with Gasteiger partial charge in [0, 0.05) is 56.7 Å². The molecule has 0 spiro atoms. The molecule has 4 rings (SSSR count). The second-order valence-electron chi connectivity index (χ2n) is 7.06. The van der Waals surface area contributed by atoms with E-state index in [-0.39, 0.29) is 18.9 Å². The third kappa shape index (κ3) is 4.24. The number of aliphatic carboxylic acids is 1. The lowest BCUT2D eigenvalue weighted by atomic mass is 10.2. The molecule has 1 amide bonds. The molecule has 148 valence electrons. The van der Waals surface area contributed by atoms with Gasteiger partial charge in [-0.3, -0.25) is 14.6 Å². The zero-order valence-electron chi connectivity index (χ0n) is 15.5. The molecule has 2 aromatic rings. The second kappa shape index (κ2) is 8.14. The summed E-state index contributed by atoms with van der Waals surface area (Å²) in [4.78, 5) is 37.3. The Hall–Kier alpha value is -2.68. The smallest absolute Gasteiger partial charge is 0.305 e. The maximum atomic E-state index is 12.5. The number of anilines is 2. The Morgan fingerprint density at radius 2 is 1.82 bits per heavy atom. The highest BCUT2D eigenvalue weighted by Gasteiger charge is 2.33. The third-order valence-electron chi connectivity index (χ3n) is 5.01. The first-order valence-electron chi connectivity index (χ1n) is 9.52. The number of amides is 1. The van der Waals surface area contributed by atoms with Crippen molar-refractivity contribution in [2.75, 3.05) is 42.5 Å². The molecule has 2 fully saturated rings. The fourth-order valence-electron chi connectivity index (χ4n) is 3.33. The molecule has 0 unspecified atom stereocenters. The minimum atomic E-state index is -0.917. The van der Waals surface area contributed by atoms with Gasteiger partial charge in [0.25, 0.3) is 5.91 Å². The SMILES string of the molecule is O=C(O)CCNC(=O)c1sc(N2CCN(c3ccncc3)CC2)nc1C1CC1. The number of carboxylic acids is 1. The summed E-state index contributed by atoms with van der Waals surface area (Å²) >= 11 is 1.43. The molecule has 2 N–H and O–H groups in total. The summed E-state index contributed by atoms with van der Waals surface area (Å²) in [6, 6.07) is 4.04. The minimum Gasteiger partial charge on any atom is -0.481 e. The van der Waals surface area contributed by atoms with Gasteiger partial charge < -0.3 is 20.2 Å². The fourth-order valence-corrected chi connectivity index (χ4v) is 4.45. The number of rotatable bonds is 7. The molecule has 1 aliphatic heterocycles. The molecule has 3 heterocycles. The van der Waals surface area contributed by atoms with Crippen molar-refractivity contribution >= 4 is 34.0 Å². The van der Waals surface area contributed by atoms with Gasteiger partial charge in [-0.15, -0.1) is 0 Å². The fraction of sp³-hybridized carbons (Fsp3) is 0.474. The Morgan fingerprint density at radius 3 is 2.46 bits per heavy atom. The molecular formula is C19H23N5O3S. The van der Waals surface area contributed by atoms with E-state index in [2.05, 4.69) is 20.1 Å². The quantitative estimate of drug-likeness (QED) is 0.732. The predicted molar refractivity (Wildman–Crippen MR) is 107 cm³/mol. The predicted octanol–water partition coefficient (Wildman–Crippen LogP) is 1.95. The molecule has 0 bridgehead atoms. The topological polar surface area (TPSA) is 98.7 Å². The standard InChI is InChI=1S/C19H23N5O3S/c25-15(26)5-8-21-18(27)17-16(13-1-2-13)22-19(28-17)24-11-9-23(10-12-24)14-3-6-20-7-4-14/h3-4,6-7,13H,1-2,5,8-12H2,(H,21,27)(H,25,26). The van der Waals surface area contributed by atoms with Crippen LogP contribution in [0.4, 0.5) is 10.8 Å². The summed E-state index contributed by atoms with van der Waals surface area (Å²) in [5.74, 6) is -0.759. The number of pyridine rings is 1. The van der Waals surface area contributed by atoms with E-state index < -0.39 is 5.97 Å². The number of carboxylic acid groups (broad SMARTS) is 1. The van der Waals surface area contributed by atoms with E-state index in [0.29, 0.717) is 10.8 Å². The van der Waals surface area contributed by atoms with Crippen LogP contribution >= 0.6 is 11.3 Å². The highest BCUT2D eigenvalue weighted by atomic mass is 32.1. The monoisotopic (exact) mass is 401 g/mol. The molecular weight excluding hydrogens is 378 g/mol. The summed E-state index contributed by atoms with van der Waals surface area (Å²) in [6.45, 7) is 3.61. The van der Waals surface area contributed by atoms with Crippen LogP contribution in [-0.4, -0.2) is 59.7 Å². The molecule has 28 heavy (non-hydrogen) atoms.